The van der Waals surface area contributed by atoms with Crippen LogP contribution in [0.15, 0.2) is 48.7 Å². The van der Waals surface area contributed by atoms with E-state index in [0.717, 1.165) is 36.7 Å². The van der Waals surface area contributed by atoms with E-state index in [1.54, 1.807) is 36.5 Å². The Morgan fingerprint density at radius 2 is 1.82 bits per heavy atom. The lowest BCUT2D eigenvalue weighted by Crippen LogP contribution is -2.51. The minimum absolute atomic E-state index is 0.136. The minimum atomic E-state index is -2.15. The molecule has 1 saturated heterocycles. The van der Waals surface area contributed by atoms with E-state index in [1.165, 1.54) is 0 Å². The van der Waals surface area contributed by atoms with Gasteiger partial charge in [-0.2, -0.15) is 5.10 Å². The van der Waals surface area contributed by atoms with Gasteiger partial charge in [0.25, 0.3) is 5.91 Å². The van der Waals surface area contributed by atoms with Crippen molar-refractivity contribution in [3.63, 3.8) is 0 Å². The third kappa shape index (κ3) is 5.75. The van der Waals surface area contributed by atoms with Gasteiger partial charge in [0, 0.05) is 25.3 Å². The lowest BCUT2D eigenvalue weighted by Gasteiger charge is -2.37. The van der Waals surface area contributed by atoms with Crippen LogP contribution in [0, 0.1) is 0 Å². The lowest BCUT2D eigenvalue weighted by atomic mass is 9.51. The van der Waals surface area contributed by atoms with Crippen molar-refractivity contribution in [2.45, 2.75) is 23.3 Å². The molecule has 1 aliphatic heterocycles. The molecule has 8 radical (unpaired) electrons. The highest BCUT2D eigenvalue weighted by molar-refractivity contribution is 7.19. The number of ether oxygens (including phenoxy) is 1. The molecule has 0 saturated carbocycles. The maximum absolute atomic E-state index is 13.0. The second kappa shape index (κ2) is 9.56. The number of nitrogens with one attached hydrogen (secondary N) is 2. The summed E-state index contributed by atoms with van der Waals surface area (Å²) >= 11 is 1.16. The molecule has 3 heterocycles. The highest BCUT2D eigenvalue weighted by atomic mass is 32.1. The molecule has 1 amide bonds. The summed E-state index contributed by atoms with van der Waals surface area (Å²) in [4.78, 5) is 15.2. The van der Waals surface area contributed by atoms with Crippen molar-refractivity contribution in [1.82, 2.24) is 20.4 Å². The van der Waals surface area contributed by atoms with Crippen LogP contribution in [-0.2, 0) is 15.0 Å². The van der Waals surface area contributed by atoms with E-state index in [-0.39, 0.29) is 11.2 Å². The molecular weight excluding hydrogens is 434 g/mol. The molecule has 0 aliphatic carbocycles. The van der Waals surface area contributed by atoms with Gasteiger partial charge in [0.15, 0.2) is 5.82 Å². The molecule has 2 aromatic heterocycles. The van der Waals surface area contributed by atoms with Gasteiger partial charge in [0.1, 0.15) is 13.3 Å². The molecule has 0 unspecified atom stereocenters. The number of carbonyl (C=O) groups is 1. The van der Waals surface area contributed by atoms with Gasteiger partial charge >= 0.3 is 0 Å². The third-order valence-electron chi connectivity index (χ3n) is 4.92. The number of carbonyl (C=O) groups excluding carboxylic acids is 1. The molecule has 0 spiro atoms. The van der Waals surface area contributed by atoms with Crippen LogP contribution < -0.4 is 15.5 Å². The van der Waals surface area contributed by atoms with Gasteiger partial charge in [-0.1, -0.05) is 41.7 Å². The molecule has 9 nitrogen and oxygen atoms in total. The Bertz CT molecular complexity index is 1090. The quantitative estimate of drug-likeness (QED) is 0.466. The van der Waals surface area contributed by atoms with Crippen LogP contribution in [0.3, 0.4) is 0 Å². The second-order valence-electron chi connectivity index (χ2n) is 7.58. The van der Waals surface area contributed by atoms with E-state index in [9.17, 15) is 4.79 Å². The Kier molecular flexibility index (Phi) is 6.75. The average Bonchev–Trinajstić information content (AvgIpc) is 3.43. The summed E-state index contributed by atoms with van der Waals surface area (Å²) in [6.45, 7) is 1.57. The van der Waals surface area contributed by atoms with E-state index in [2.05, 4.69) is 35.9 Å². The fourth-order valence-corrected chi connectivity index (χ4v) is 4.16. The van der Waals surface area contributed by atoms with Crippen molar-refractivity contribution < 1.29 is 9.53 Å². The molecular formula is C19H17B4N7O2S. The van der Waals surface area contributed by atoms with Crippen LogP contribution in [0.25, 0.3) is 0 Å². The summed E-state index contributed by atoms with van der Waals surface area (Å²) in [6, 6.07) is 12.2. The topological polar surface area (TPSA) is 105 Å². The van der Waals surface area contributed by atoms with Crippen LogP contribution in [0.1, 0.15) is 12.0 Å². The smallest absolute Gasteiger partial charge is 0.252 e. The predicted molar refractivity (Wildman–Crippen MR) is 130 cm³/mol. The first kappa shape index (κ1) is 23.3. The van der Waals surface area contributed by atoms with Crippen molar-refractivity contribution in [1.29, 1.82) is 0 Å². The summed E-state index contributed by atoms with van der Waals surface area (Å²) in [5.74, 6) is 0.0693. The SMILES string of the molecule is [B]C([B])([B])O[C@@]([B])(C(=O)Nc1nnc(N[C@@H]2CCN(c3cccnn3)C2)s1)c1ccccc1. The third-order valence-corrected chi connectivity index (χ3v) is 5.69. The molecule has 2 atom stereocenters. The summed E-state index contributed by atoms with van der Waals surface area (Å²) in [5.41, 5.74) is -1.74. The Labute approximate surface area is 200 Å². The second-order valence-corrected chi connectivity index (χ2v) is 8.56. The van der Waals surface area contributed by atoms with Crippen molar-refractivity contribution in [3.05, 3.63) is 54.2 Å². The number of hydrogen-bond donors (Lipinski definition) is 2. The molecule has 1 fully saturated rings. The summed E-state index contributed by atoms with van der Waals surface area (Å²) in [7, 11) is 22.9. The number of aromatic nitrogens is 4. The normalized spacial score (nSPS) is 17.9. The van der Waals surface area contributed by atoms with Gasteiger partial charge in [0.2, 0.25) is 10.3 Å². The molecule has 4 rings (SSSR count). The monoisotopic (exact) mass is 451 g/mol. The fraction of sp³-hybridized carbons (Fsp3) is 0.316. The van der Waals surface area contributed by atoms with Crippen LogP contribution >= 0.6 is 11.3 Å². The number of anilines is 3. The minimum Gasteiger partial charge on any atom is -0.392 e. The Hall–Kier alpha value is -2.85. The zero-order valence-corrected chi connectivity index (χ0v) is 18.4. The molecule has 33 heavy (non-hydrogen) atoms. The number of rotatable bonds is 8. The van der Waals surface area contributed by atoms with Crippen LogP contribution in [0.4, 0.5) is 16.1 Å². The molecule has 3 aromatic rings. The van der Waals surface area contributed by atoms with Gasteiger partial charge in [-0.15, -0.1) is 15.3 Å². The highest BCUT2D eigenvalue weighted by Gasteiger charge is 2.39. The fourth-order valence-electron chi connectivity index (χ4n) is 3.45. The first-order chi connectivity index (χ1) is 15.7. The summed E-state index contributed by atoms with van der Waals surface area (Å²) in [6.07, 6.45) is 2.52. The van der Waals surface area contributed by atoms with Crippen LogP contribution in [-0.4, -0.2) is 82.1 Å². The molecule has 14 heteroatoms. The van der Waals surface area contributed by atoms with E-state index in [0.29, 0.717) is 10.7 Å². The maximum atomic E-state index is 13.0. The Morgan fingerprint density at radius 1 is 1.06 bits per heavy atom. The van der Waals surface area contributed by atoms with Crippen molar-refractivity contribution >= 4 is 64.7 Å². The zero-order chi connectivity index (χ0) is 23.5. The maximum Gasteiger partial charge on any atom is 0.252 e. The summed E-state index contributed by atoms with van der Waals surface area (Å²) < 4.78 is 5.34. The molecule has 2 N–H and O–H groups in total. The van der Waals surface area contributed by atoms with Crippen molar-refractivity contribution in [2.75, 3.05) is 28.6 Å². The number of benzene rings is 1. The molecule has 158 valence electrons. The number of nitrogens with zero attached hydrogens (tertiary/aromatic N) is 5. The first-order valence-corrected chi connectivity index (χ1v) is 10.9. The molecule has 0 bridgehead atoms. The predicted octanol–water partition coefficient (Wildman–Crippen LogP) is 0.112. The van der Waals surface area contributed by atoms with Gasteiger partial charge < -0.3 is 15.0 Å². The van der Waals surface area contributed by atoms with Crippen molar-refractivity contribution in [3.8, 4) is 0 Å². The van der Waals surface area contributed by atoms with Gasteiger partial charge in [-0.25, -0.2) is 0 Å². The first-order valence-electron chi connectivity index (χ1n) is 10.1. The van der Waals surface area contributed by atoms with Gasteiger partial charge in [-0.05, 0) is 29.4 Å². The zero-order valence-electron chi connectivity index (χ0n) is 17.6. The standard InChI is InChI=1S/C19H17B4N7O2S/c20-18(32-19(21,22)23,12-5-2-1-3-6-12)15(31)26-17-29-28-16(33-17)25-13-8-10-30(11-13)14-7-4-9-24-27-14/h1-7,9,13H,8,10-11H2,(H,25,28)(H,26,29,31)/t13-,18-/m1/s1. The van der Waals surface area contributed by atoms with Gasteiger partial charge in [0.05, 0.1) is 23.5 Å². The van der Waals surface area contributed by atoms with Crippen LogP contribution in [0.5, 0.6) is 0 Å². The van der Waals surface area contributed by atoms with E-state index < -0.39 is 16.7 Å². The van der Waals surface area contributed by atoms with E-state index in [4.69, 9.17) is 36.1 Å². The Morgan fingerprint density at radius 3 is 2.52 bits per heavy atom. The number of hydrogen-bond acceptors (Lipinski definition) is 9. The van der Waals surface area contributed by atoms with Gasteiger partial charge in [-0.3, -0.25) is 10.1 Å². The summed E-state index contributed by atoms with van der Waals surface area (Å²) in [5, 5.41) is 20.7. The highest BCUT2D eigenvalue weighted by Crippen LogP contribution is 2.29. The Balaban J connectivity index is 1.41. The molecule has 1 aliphatic rings. The lowest BCUT2D eigenvalue weighted by molar-refractivity contribution is -0.133. The average molecular weight is 451 g/mol. The molecule has 1 aromatic carbocycles. The van der Waals surface area contributed by atoms with Crippen LogP contribution in [0.2, 0.25) is 0 Å². The number of amides is 1. The van der Waals surface area contributed by atoms with Crippen molar-refractivity contribution in [2.24, 2.45) is 0 Å². The van der Waals surface area contributed by atoms with E-state index in [1.807, 2.05) is 12.1 Å². The largest absolute Gasteiger partial charge is 0.392 e. The van der Waals surface area contributed by atoms with E-state index >= 15 is 0 Å².